The van der Waals surface area contributed by atoms with Gasteiger partial charge in [-0.25, -0.2) is 0 Å². The van der Waals surface area contributed by atoms with Crippen molar-refractivity contribution in [1.82, 2.24) is 0 Å². The molecule has 5 atom stereocenters. The summed E-state index contributed by atoms with van der Waals surface area (Å²) in [4.78, 5) is 4.82. The van der Waals surface area contributed by atoms with E-state index in [0.717, 1.165) is 35.3 Å². The van der Waals surface area contributed by atoms with Crippen LogP contribution in [-0.2, 0) is 11.8 Å². The van der Waals surface area contributed by atoms with Crippen molar-refractivity contribution in [1.29, 1.82) is 0 Å². The molecule has 10 rings (SSSR count). The maximum Gasteiger partial charge on any atom is 0.0464 e. The van der Waals surface area contributed by atoms with Crippen LogP contribution in [0.1, 0.15) is 97.6 Å². The SMILES string of the molecule is C=Cc1ccc(C2CC3CC4CCC2C(c2ccc(N(c5ccc(CCCC)cc5)c5ccc(-c6ccc(N(c7ccccc7)c7ccccc7)cc6C)c(C)c5)cc2)(C4)C3)cc1. The number of hydrogen-bond donors (Lipinski definition) is 0. The first-order valence-electron chi connectivity index (χ1n) is 23.7. The second kappa shape index (κ2) is 17.6. The molecular formula is C61H62N2. The highest BCUT2D eigenvalue weighted by molar-refractivity contribution is 5.83. The average molecular weight is 823 g/mol. The molecule has 63 heavy (non-hydrogen) atoms. The number of hydrogen-bond acceptors (Lipinski definition) is 2. The molecule has 0 amide bonds. The molecule has 0 spiro atoms. The maximum atomic E-state index is 4.02. The Labute approximate surface area is 377 Å². The number of aryl methyl sites for hydroxylation is 3. The summed E-state index contributed by atoms with van der Waals surface area (Å²) in [5.41, 5.74) is 18.1. The zero-order valence-electron chi connectivity index (χ0n) is 37.5. The van der Waals surface area contributed by atoms with Crippen LogP contribution in [0.4, 0.5) is 34.1 Å². The lowest BCUT2D eigenvalue weighted by molar-refractivity contribution is -0.0150. The molecule has 3 bridgehead atoms. The molecule has 0 heterocycles. The van der Waals surface area contributed by atoms with Gasteiger partial charge in [0.1, 0.15) is 0 Å². The van der Waals surface area contributed by atoms with E-state index in [4.69, 9.17) is 0 Å². The summed E-state index contributed by atoms with van der Waals surface area (Å²) in [5.74, 6) is 2.98. The Morgan fingerprint density at radius 3 is 1.62 bits per heavy atom. The van der Waals surface area contributed by atoms with Crippen molar-refractivity contribution in [2.75, 3.05) is 9.80 Å². The van der Waals surface area contributed by atoms with E-state index in [-0.39, 0.29) is 5.41 Å². The monoisotopic (exact) mass is 822 g/mol. The van der Waals surface area contributed by atoms with E-state index in [2.05, 4.69) is 207 Å². The topological polar surface area (TPSA) is 6.48 Å². The van der Waals surface area contributed by atoms with Gasteiger partial charge in [-0.05, 0) is 205 Å². The van der Waals surface area contributed by atoms with Gasteiger partial charge >= 0.3 is 0 Å². The highest BCUT2D eigenvalue weighted by atomic mass is 15.1. The zero-order valence-corrected chi connectivity index (χ0v) is 37.5. The molecule has 5 unspecified atom stereocenters. The quantitative estimate of drug-likeness (QED) is 0.114. The normalized spacial score (nSPS) is 21.2. The molecule has 0 aromatic heterocycles. The van der Waals surface area contributed by atoms with Crippen LogP contribution in [0, 0.1) is 31.6 Å². The molecule has 316 valence electrons. The molecule has 2 nitrogen and oxygen atoms in total. The fourth-order valence-electron chi connectivity index (χ4n) is 12.3. The Balaban J connectivity index is 0.989. The second-order valence-corrected chi connectivity index (χ2v) is 19.1. The third-order valence-electron chi connectivity index (χ3n) is 15.2. The lowest BCUT2D eigenvalue weighted by Crippen LogP contribution is -2.52. The molecule has 0 aliphatic heterocycles. The number of fused-ring (bicyclic) bond motifs is 2. The van der Waals surface area contributed by atoms with Crippen molar-refractivity contribution in [2.45, 2.75) is 89.9 Å². The second-order valence-electron chi connectivity index (χ2n) is 19.1. The lowest BCUT2D eigenvalue weighted by Gasteiger charge is -2.60. The largest absolute Gasteiger partial charge is 0.310 e. The number of benzene rings is 7. The van der Waals surface area contributed by atoms with Gasteiger partial charge in [-0.3, -0.25) is 0 Å². The number of nitrogens with zero attached hydrogens (tertiary/aromatic N) is 2. The highest BCUT2D eigenvalue weighted by Crippen LogP contribution is 2.64. The molecule has 0 N–H and O–H groups in total. The molecular weight excluding hydrogens is 761 g/mol. The smallest absolute Gasteiger partial charge is 0.0464 e. The number of unbranched alkanes of at least 4 members (excludes halogenated alkanes) is 1. The Morgan fingerprint density at radius 2 is 1.08 bits per heavy atom. The Hall–Kier alpha value is -6.12. The Kier molecular flexibility index (Phi) is 11.4. The lowest BCUT2D eigenvalue weighted by atomic mass is 9.44. The van der Waals surface area contributed by atoms with Crippen molar-refractivity contribution in [3.63, 3.8) is 0 Å². The van der Waals surface area contributed by atoms with Crippen LogP contribution < -0.4 is 9.80 Å². The minimum atomic E-state index is 0.251. The molecule has 2 heteroatoms. The van der Waals surface area contributed by atoms with E-state index in [0.29, 0.717) is 11.8 Å². The summed E-state index contributed by atoms with van der Waals surface area (Å²) in [6.07, 6.45) is 13.7. The van der Waals surface area contributed by atoms with Crippen molar-refractivity contribution in [3.05, 3.63) is 210 Å². The van der Waals surface area contributed by atoms with Crippen LogP contribution >= 0.6 is 0 Å². The van der Waals surface area contributed by atoms with Gasteiger partial charge < -0.3 is 9.80 Å². The predicted octanol–water partition coefficient (Wildman–Crippen LogP) is 17.1. The first-order chi connectivity index (χ1) is 30.9. The summed E-state index contributed by atoms with van der Waals surface area (Å²) in [6, 6.07) is 64.0. The first kappa shape index (κ1) is 40.9. The van der Waals surface area contributed by atoms with Gasteiger partial charge in [0.2, 0.25) is 0 Å². The van der Waals surface area contributed by atoms with E-state index < -0.39 is 0 Å². The van der Waals surface area contributed by atoms with E-state index >= 15 is 0 Å². The molecule has 3 aliphatic rings. The summed E-state index contributed by atoms with van der Waals surface area (Å²) in [6.45, 7) is 10.8. The fraction of sp³-hybridized carbons (Fsp3) is 0.279. The van der Waals surface area contributed by atoms with Crippen LogP contribution in [0.25, 0.3) is 17.2 Å². The third kappa shape index (κ3) is 7.95. The minimum absolute atomic E-state index is 0.251. The van der Waals surface area contributed by atoms with Gasteiger partial charge in [0.15, 0.2) is 0 Å². The van der Waals surface area contributed by atoms with Gasteiger partial charge in [0, 0.05) is 34.1 Å². The molecule has 7 aromatic rings. The van der Waals surface area contributed by atoms with Crippen LogP contribution in [0.15, 0.2) is 176 Å². The van der Waals surface area contributed by atoms with Crippen molar-refractivity contribution < 1.29 is 0 Å². The summed E-state index contributed by atoms with van der Waals surface area (Å²) < 4.78 is 0. The van der Waals surface area contributed by atoms with Gasteiger partial charge in [-0.15, -0.1) is 0 Å². The van der Waals surface area contributed by atoms with Crippen LogP contribution in [0.3, 0.4) is 0 Å². The first-order valence-corrected chi connectivity index (χ1v) is 23.7. The molecule has 0 radical (unpaired) electrons. The van der Waals surface area contributed by atoms with Gasteiger partial charge in [-0.2, -0.15) is 0 Å². The molecule has 3 aliphatic carbocycles. The van der Waals surface area contributed by atoms with Crippen LogP contribution in [0.2, 0.25) is 0 Å². The average Bonchev–Trinajstić information content (AvgIpc) is 3.32. The zero-order chi connectivity index (χ0) is 42.9. The molecule has 7 aromatic carbocycles. The van der Waals surface area contributed by atoms with E-state index in [1.807, 2.05) is 6.08 Å². The summed E-state index contributed by atoms with van der Waals surface area (Å²) in [7, 11) is 0. The Morgan fingerprint density at radius 1 is 0.556 bits per heavy atom. The Bertz CT molecular complexity index is 2620. The summed E-state index contributed by atoms with van der Waals surface area (Å²) in [5, 5.41) is 0. The fourth-order valence-corrected chi connectivity index (χ4v) is 12.3. The molecule has 0 saturated heterocycles. The van der Waals surface area contributed by atoms with Crippen LogP contribution in [0.5, 0.6) is 0 Å². The van der Waals surface area contributed by atoms with Gasteiger partial charge in [0.25, 0.3) is 0 Å². The molecule has 3 fully saturated rings. The number of para-hydroxylation sites is 2. The van der Waals surface area contributed by atoms with E-state index in [1.165, 1.54) is 107 Å². The minimum Gasteiger partial charge on any atom is -0.310 e. The molecule has 3 saturated carbocycles. The van der Waals surface area contributed by atoms with Crippen molar-refractivity contribution >= 4 is 40.2 Å². The number of rotatable bonds is 13. The van der Waals surface area contributed by atoms with E-state index in [9.17, 15) is 0 Å². The third-order valence-corrected chi connectivity index (χ3v) is 15.2. The van der Waals surface area contributed by atoms with E-state index in [1.54, 1.807) is 5.56 Å². The summed E-state index contributed by atoms with van der Waals surface area (Å²) >= 11 is 0. The maximum absolute atomic E-state index is 4.02. The van der Waals surface area contributed by atoms with Crippen molar-refractivity contribution in [2.24, 2.45) is 17.8 Å². The van der Waals surface area contributed by atoms with Gasteiger partial charge in [0.05, 0.1) is 0 Å². The van der Waals surface area contributed by atoms with Crippen molar-refractivity contribution in [3.8, 4) is 11.1 Å². The standard InChI is InChI=1S/C61H62N2/c1-5-7-14-46-21-28-53(29-22-46)63(54-30-26-50(27-31-54)61-41-47-23-36-60(61)59(40-48(39-47)42-61)49-24-19-45(6-2)20-25-49)56-33-35-58(44(4)38-56)57-34-32-55(37-43(57)3)62(51-15-10-8-11-16-51)52-17-12-9-13-18-52/h6,8-13,15-22,24-35,37-38,47-48,59-60H,2,5,7,14,23,36,39-42H2,1,3-4H3. The predicted molar refractivity (Wildman–Crippen MR) is 268 cm³/mol. The highest BCUT2D eigenvalue weighted by Gasteiger charge is 2.56. The van der Waals surface area contributed by atoms with Gasteiger partial charge in [-0.1, -0.05) is 129 Å². The van der Waals surface area contributed by atoms with Crippen LogP contribution in [-0.4, -0.2) is 0 Å². The number of anilines is 6.